The second-order valence-corrected chi connectivity index (χ2v) is 6.13. The van der Waals surface area contributed by atoms with Crippen molar-refractivity contribution < 1.29 is 9.90 Å². The van der Waals surface area contributed by atoms with Crippen LogP contribution in [0.1, 0.15) is 43.7 Å². The van der Waals surface area contributed by atoms with Gasteiger partial charge >= 0.3 is 0 Å². The van der Waals surface area contributed by atoms with Crippen LogP contribution in [0.25, 0.3) is 6.08 Å². The molecule has 1 aromatic carbocycles. The molecule has 0 aromatic heterocycles. The Bertz CT molecular complexity index is 504. The summed E-state index contributed by atoms with van der Waals surface area (Å²) >= 11 is 0. The monoisotopic (exact) mass is 287 g/mol. The third-order valence-electron chi connectivity index (χ3n) is 4.13. The van der Waals surface area contributed by atoms with E-state index in [1.807, 2.05) is 44.2 Å². The van der Waals surface area contributed by atoms with E-state index < -0.39 is 0 Å². The van der Waals surface area contributed by atoms with Crippen LogP contribution in [0.5, 0.6) is 0 Å². The molecule has 2 N–H and O–H groups in total. The van der Waals surface area contributed by atoms with Crippen molar-refractivity contribution in [2.24, 2.45) is 5.92 Å². The number of nitrogens with one attached hydrogen (secondary N) is 1. The molecule has 0 spiro atoms. The van der Waals surface area contributed by atoms with E-state index in [0.29, 0.717) is 12.5 Å². The number of amides is 1. The summed E-state index contributed by atoms with van der Waals surface area (Å²) in [6, 6.07) is 8.12. The average molecular weight is 287 g/mol. The molecule has 21 heavy (non-hydrogen) atoms. The highest BCUT2D eigenvalue weighted by atomic mass is 16.3. The normalized spacial score (nSPS) is 22.9. The van der Waals surface area contributed by atoms with Gasteiger partial charge in [0, 0.05) is 12.1 Å². The predicted octanol–water partition coefficient (Wildman–Crippen LogP) is 3.07. The quantitative estimate of drug-likeness (QED) is 0.836. The molecule has 114 valence electrons. The molecule has 1 saturated carbocycles. The summed E-state index contributed by atoms with van der Waals surface area (Å²) in [7, 11) is 0. The molecule has 2 unspecified atom stereocenters. The SMILES string of the molecule is C/C(=C/c1ccc(C)cc1)C(=O)NCC1CCCC(O)C1. The maximum absolute atomic E-state index is 12.1. The van der Waals surface area contributed by atoms with Crippen molar-refractivity contribution in [3.8, 4) is 0 Å². The molecule has 0 aliphatic heterocycles. The molecular weight excluding hydrogens is 262 g/mol. The highest BCUT2D eigenvalue weighted by molar-refractivity contribution is 5.97. The number of aliphatic hydroxyl groups is 1. The number of hydrogen-bond acceptors (Lipinski definition) is 2. The molecule has 3 nitrogen and oxygen atoms in total. The fourth-order valence-corrected chi connectivity index (χ4v) is 2.80. The van der Waals surface area contributed by atoms with E-state index in [0.717, 1.165) is 36.8 Å². The van der Waals surface area contributed by atoms with Crippen molar-refractivity contribution in [1.82, 2.24) is 5.32 Å². The first-order chi connectivity index (χ1) is 10.0. The molecule has 1 aliphatic rings. The topological polar surface area (TPSA) is 49.3 Å². The first kappa shape index (κ1) is 15.8. The Kier molecular flexibility index (Phi) is 5.57. The van der Waals surface area contributed by atoms with Crippen molar-refractivity contribution in [3.05, 3.63) is 41.0 Å². The van der Waals surface area contributed by atoms with E-state index in [2.05, 4.69) is 5.32 Å². The smallest absolute Gasteiger partial charge is 0.246 e. The maximum atomic E-state index is 12.1. The van der Waals surface area contributed by atoms with Crippen LogP contribution >= 0.6 is 0 Å². The summed E-state index contributed by atoms with van der Waals surface area (Å²) in [5.74, 6) is 0.389. The fraction of sp³-hybridized carbons (Fsp3) is 0.500. The summed E-state index contributed by atoms with van der Waals surface area (Å²) in [5, 5.41) is 12.6. The zero-order valence-electron chi connectivity index (χ0n) is 12.9. The van der Waals surface area contributed by atoms with Crippen molar-refractivity contribution in [3.63, 3.8) is 0 Å². The number of aliphatic hydroxyl groups excluding tert-OH is 1. The van der Waals surface area contributed by atoms with E-state index in [-0.39, 0.29) is 12.0 Å². The first-order valence-corrected chi connectivity index (χ1v) is 7.76. The number of benzene rings is 1. The van der Waals surface area contributed by atoms with E-state index in [1.165, 1.54) is 5.56 Å². The van der Waals surface area contributed by atoms with E-state index >= 15 is 0 Å². The Balaban J connectivity index is 1.86. The number of carbonyl (C=O) groups is 1. The predicted molar refractivity (Wildman–Crippen MR) is 85.8 cm³/mol. The van der Waals surface area contributed by atoms with Crippen LogP contribution in [0.2, 0.25) is 0 Å². The average Bonchev–Trinajstić information content (AvgIpc) is 2.47. The van der Waals surface area contributed by atoms with Gasteiger partial charge in [-0.25, -0.2) is 0 Å². The Hall–Kier alpha value is -1.61. The molecule has 3 heteroatoms. The van der Waals surface area contributed by atoms with Gasteiger partial charge in [-0.15, -0.1) is 0 Å². The number of aryl methyl sites for hydroxylation is 1. The minimum absolute atomic E-state index is 0.0179. The Morgan fingerprint density at radius 3 is 2.71 bits per heavy atom. The van der Waals surface area contributed by atoms with Gasteiger partial charge in [0.15, 0.2) is 0 Å². The van der Waals surface area contributed by atoms with Crippen LogP contribution in [0.15, 0.2) is 29.8 Å². The molecule has 2 atom stereocenters. The van der Waals surface area contributed by atoms with Gasteiger partial charge in [-0.05, 0) is 50.7 Å². The highest BCUT2D eigenvalue weighted by Crippen LogP contribution is 2.23. The molecule has 1 amide bonds. The van der Waals surface area contributed by atoms with Crippen LogP contribution < -0.4 is 5.32 Å². The number of hydrogen-bond donors (Lipinski definition) is 2. The van der Waals surface area contributed by atoms with Crippen molar-refractivity contribution in [2.45, 2.75) is 45.6 Å². The molecule has 0 heterocycles. The van der Waals surface area contributed by atoms with Crippen molar-refractivity contribution >= 4 is 12.0 Å². The van der Waals surface area contributed by atoms with Gasteiger partial charge in [-0.1, -0.05) is 36.2 Å². The molecule has 2 rings (SSSR count). The summed E-state index contributed by atoms with van der Waals surface area (Å²) < 4.78 is 0. The van der Waals surface area contributed by atoms with Gasteiger partial charge in [0.1, 0.15) is 0 Å². The van der Waals surface area contributed by atoms with Crippen molar-refractivity contribution in [1.29, 1.82) is 0 Å². The van der Waals surface area contributed by atoms with Gasteiger partial charge in [0.05, 0.1) is 6.10 Å². The third-order valence-corrected chi connectivity index (χ3v) is 4.13. The lowest BCUT2D eigenvalue weighted by Crippen LogP contribution is -2.33. The summed E-state index contributed by atoms with van der Waals surface area (Å²) in [4.78, 5) is 12.1. The third kappa shape index (κ3) is 5.01. The summed E-state index contributed by atoms with van der Waals surface area (Å²) in [5.41, 5.74) is 2.97. The molecule has 0 saturated heterocycles. The van der Waals surface area contributed by atoms with Crippen LogP contribution in [-0.2, 0) is 4.79 Å². The molecule has 1 fully saturated rings. The lowest BCUT2D eigenvalue weighted by atomic mass is 9.87. The van der Waals surface area contributed by atoms with Crippen LogP contribution in [0.4, 0.5) is 0 Å². The fourth-order valence-electron chi connectivity index (χ4n) is 2.80. The standard InChI is InChI=1S/C18H25NO2/c1-13-6-8-15(9-7-13)10-14(2)18(21)19-12-16-4-3-5-17(20)11-16/h6-10,16-17,20H,3-5,11-12H2,1-2H3,(H,19,21)/b14-10-. The van der Waals surface area contributed by atoms with Gasteiger partial charge < -0.3 is 10.4 Å². The van der Waals surface area contributed by atoms with E-state index in [1.54, 1.807) is 0 Å². The van der Waals surface area contributed by atoms with Gasteiger partial charge in [0.2, 0.25) is 5.91 Å². The Morgan fingerprint density at radius 2 is 2.05 bits per heavy atom. The van der Waals surface area contributed by atoms with Gasteiger partial charge in [0.25, 0.3) is 0 Å². The Morgan fingerprint density at radius 1 is 1.33 bits per heavy atom. The molecule has 1 aliphatic carbocycles. The minimum atomic E-state index is -0.190. The van der Waals surface area contributed by atoms with Crippen LogP contribution in [0, 0.1) is 12.8 Å². The number of rotatable bonds is 4. The Labute approximate surface area is 127 Å². The molecule has 0 radical (unpaired) electrons. The second kappa shape index (κ2) is 7.41. The lowest BCUT2D eigenvalue weighted by Gasteiger charge is -2.25. The zero-order chi connectivity index (χ0) is 15.2. The molecular formula is C18H25NO2. The summed E-state index contributed by atoms with van der Waals surface area (Å²) in [6.07, 6.45) is 5.57. The van der Waals surface area contributed by atoms with Crippen LogP contribution in [-0.4, -0.2) is 23.7 Å². The minimum Gasteiger partial charge on any atom is -0.393 e. The highest BCUT2D eigenvalue weighted by Gasteiger charge is 2.20. The number of carbonyl (C=O) groups excluding carboxylic acids is 1. The van der Waals surface area contributed by atoms with Gasteiger partial charge in [-0.2, -0.15) is 0 Å². The lowest BCUT2D eigenvalue weighted by molar-refractivity contribution is -0.117. The molecule has 0 bridgehead atoms. The maximum Gasteiger partial charge on any atom is 0.246 e. The molecule has 1 aromatic rings. The largest absolute Gasteiger partial charge is 0.393 e. The second-order valence-electron chi connectivity index (χ2n) is 6.13. The van der Waals surface area contributed by atoms with Gasteiger partial charge in [-0.3, -0.25) is 4.79 Å². The van der Waals surface area contributed by atoms with Crippen molar-refractivity contribution in [2.75, 3.05) is 6.54 Å². The summed E-state index contributed by atoms with van der Waals surface area (Å²) in [6.45, 7) is 4.55. The van der Waals surface area contributed by atoms with E-state index in [9.17, 15) is 9.90 Å². The van der Waals surface area contributed by atoms with E-state index in [4.69, 9.17) is 0 Å². The first-order valence-electron chi connectivity index (χ1n) is 7.76. The zero-order valence-corrected chi connectivity index (χ0v) is 12.9. The van der Waals surface area contributed by atoms with Crippen LogP contribution in [0.3, 0.4) is 0 Å².